The average molecular weight is 545 g/mol. The van der Waals surface area contributed by atoms with Gasteiger partial charge in [0, 0.05) is 23.8 Å². The molecule has 0 aliphatic rings. The van der Waals surface area contributed by atoms with E-state index in [0.29, 0.717) is 22.8 Å². The number of nitrogens with zero attached hydrogens (tertiary/aromatic N) is 1. The van der Waals surface area contributed by atoms with Crippen LogP contribution in [0.25, 0.3) is 11.1 Å². The summed E-state index contributed by atoms with van der Waals surface area (Å²) in [7, 11) is -0.196. The van der Waals surface area contributed by atoms with Crippen LogP contribution in [-0.2, 0) is 21.2 Å². The highest BCUT2D eigenvalue weighted by Gasteiger charge is 2.25. The first-order chi connectivity index (χ1) is 17.5. The van der Waals surface area contributed by atoms with Gasteiger partial charge < -0.3 is 20.6 Å². The van der Waals surface area contributed by atoms with Gasteiger partial charge in [0.25, 0.3) is 0 Å². The quantitative estimate of drug-likeness (QED) is 0.292. The van der Waals surface area contributed by atoms with E-state index in [1.165, 1.54) is 24.3 Å². The molecule has 2 amide bonds. The molecule has 0 saturated carbocycles. The van der Waals surface area contributed by atoms with Crippen molar-refractivity contribution < 1.29 is 23.1 Å². The fourth-order valence-electron chi connectivity index (χ4n) is 3.46. The Morgan fingerprint density at radius 2 is 1.65 bits per heavy atom. The standard InChI is InChI=1S/C26H29ClN4O5S/c1-31(2)15-14-28-26(34)29-22-5-3-4-20(17-22)19-8-6-18(7-9-19)16-24(25(32)33)30-37(35,36)23-12-10-21(27)11-13-23/h3-13,17,24,30H,14-16H2,1-2H3,(H,32,33)(H2,28,29,34)/t24-/m0/s1. The number of carboxylic acids is 1. The minimum atomic E-state index is -4.05. The minimum absolute atomic E-state index is 0.0445. The summed E-state index contributed by atoms with van der Waals surface area (Å²) in [5.74, 6) is -1.29. The van der Waals surface area contributed by atoms with Gasteiger partial charge in [0.1, 0.15) is 6.04 Å². The van der Waals surface area contributed by atoms with Crippen molar-refractivity contribution in [2.45, 2.75) is 17.4 Å². The van der Waals surface area contributed by atoms with E-state index in [0.717, 1.165) is 17.7 Å². The van der Waals surface area contributed by atoms with Crippen molar-refractivity contribution >= 4 is 39.3 Å². The first kappa shape index (κ1) is 28.1. The molecule has 4 N–H and O–H groups in total. The number of amides is 2. The van der Waals surface area contributed by atoms with E-state index >= 15 is 0 Å². The molecule has 37 heavy (non-hydrogen) atoms. The molecule has 0 spiro atoms. The van der Waals surface area contributed by atoms with E-state index in [4.69, 9.17) is 11.6 Å². The highest BCUT2D eigenvalue weighted by atomic mass is 35.5. The maximum atomic E-state index is 12.6. The van der Waals surface area contributed by atoms with Gasteiger partial charge in [-0.15, -0.1) is 0 Å². The van der Waals surface area contributed by atoms with Crippen molar-refractivity contribution in [2.75, 3.05) is 32.5 Å². The second-order valence-corrected chi connectivity index (χ2v) is 10.8. The van der Waals surface area contributed by atoms with Crippen LogP contribution >= 0.6 is 11.6 Å². The highest BCUT2D eigenvalue weighted by Crippen LogP contribution is 2.24. The largest absolute Gasteiger partial charge is 0.480 e. The van der Waals surface area contributed by atoms with Crippen LogP contribution < -0.4 is 15.4 Å². The number of halogens is 1. The molecule has 0 aromatic heterocycles. The maximum Gasteiger partial charge on any atom is 0.322 e. The van der Waals surface area contributed by atoms with Gasteiger partial charge in [0.2, 0.25) is 10.0 Å². The van der Waals surface area contributed by atoms with Crippen LogP contribution in [0.2, 0.25) is 5.02 Å². The molecule has 0 aliphatic carbocycles. The Labute approximate surface area is 221 Å². The highest BCUT2D eigenvalue weighted by molar-refractivity contribution is 7.89. The average Bonchev–Trinajstić information content (AvgIpc) is 2.84. The van der Waals surface area contributed by atoms with E-state index in [1.807, 2.05) is 49.3 Å². The second kappa shape index (κ2) is 12.7. The van der Waals surface area contributed by atoms with Crippen LogP contribution in [0.4, 0.5) is 10.5 Å². The summed E-state index contributed by atoms with van der Waals surface area (Å²) in [4.78, 5) is 25.8. The predicted molar refractivity (Wildman–Crippen MR) is 144 cm³/mol. The fourth-order valence-corrected chi connectivity index (χ4v) is 4.78. The topological polar surface area (TPSA) is 128 Å². The van der Waals surface area contributed by atoms with Gasteiger partial charge >= 0.3 is 12.0 Å². The van der Waals surface area contributed by atoms with Crippen LogP contribution in [0, 0.1) is 0 Å². The van der Waals surface area contributed by atoms with Crippen LogP contribution in [0.15, 0.2) is 77.7 Å². The van der Waals surface area contributed by atoms with E-state index < -0.39 is 22.0 Å². The molecule has 196 valence electrons. The summed E-state index contributed by atoms with van der Waals surface area (Å²) >= 11 is 5.81. The van der Waals surface area contributed by atoms with Gasteiger partial charge in [-0.3, -0.25) is 4.79 Å². The van der Waals surface area contributed by atoms with Crippen LogP contribution in [0.1, 0.15) is 5.56 Å². The van der Waals surface area contributed by atoms with Crippen molar-refractivity contribution in [1.29, 1.82) is 0 Å². The monoisotopic (exact) mass is 544 g/mol. The molecule has 9 nitrogen and oxygen atoms in total. The number of anilines is 1. The van der Waals surface area contributed by atoms with Gasteiger partial charge in [-0.1, -0.05) is 48.0 Å². The number of sulfonamides is 1. The van der Waals surface area contributed by atoms with E-state index in [-0.39, 0.29) is 17.3 Å². The maximum absolute atomic E-state index is 12.6. The molecule has 0 fully saturated rings. The smallest absolute Gasteiger partial charge is 0.322 e. The number of hydrogen-bond acceptors (Lipinski definition) is 5. The van der Waals surface area contributed by atoms with Gasteiger partial charge in [0.05, 0.1) is 4.90 Å². The van der Waals surface area contributed by atoms with Crippen LogP contribution in [0.5, 0.6) is 0 Å². The molecule has 0 aliphatic heterocycles. The second-order valence-electron chi connectivity index (χ2n) is 8.63. The molecule has 0 saturated heterocycles. The summed E-state index contributed by atoms with van der Waals surface area (Å²) in [6.45, 7) is 1.25. The van der Waals surface area contributed by atoms with Crippen LogP contribution in [-0.4, -0.2) is 63.7 Å². The normalized spacial score (nSPS) is 12.2. The number of urea groups is 1. The summed E-state index contributed by atoms with van der Waals surface area (Å²) in [6, 6.07) is 18.3. The zero-order valence-electron chi connectivity index (χ0n) is 20.4. The Morgan fingerprint density at radius 1 is 0.973 bits per heavy atom. The Bertz CT molecular complexity index is 1330. The number of hydrogen-bond donors (Lipinski definition) is 4. The van der Waals surface area contributed by atoms with Crippen molar-refractivity contribution in [2.24, 2.45) is 0 Å². The van der Waals surface area contributed by atoms with Crippen molar-refractivity contribution in [1.82, 2.24) is 14.9 Å². The van der Waals surface area contributed by atoms with Crippen LogP contribution in [0.3, 0.4) is 0 Å². The Balaban J connectivity index is 1.66. The number of carbonyl (C=O) groups is 2. The first-order valence-corrected chi connectivity index (χ1v) is 13.3. The lowest BCUT2D eigenvalue weighted by atomic mass is 10.0. The van der Waals surface area contributed by atoms with Crippen molar-refractivity contribution in [3.05, 3.63) is 83.4 Å². The van der Waals surface area contributed by atoms with Gasteiger partial charge in [0.15, 0.2) is 0 Å². The molecule has 3 rings (SSSR count). The molecule has 0 unspecified atom stereocenters. The molecule has 3 aromatic carbocycles. The first-order valence-electron chi connectivity index (χ1n) is 11.4. The predicted octanol–water partition coefficient (Wildman–Crippen LogP) is 3.66. The van der Waals surface area contributed by atoms with E-state index in [2.05, 4.69) is 15.4 Å². The number of benzene rings is 3. The molecular weight excluding hydrogens is 516 g/mol. The zero-order valence-corrected chi connectivity index (χ0v) is 22.0. The number of nitrogens with one attached hydrogen (secondary N) is 3. The Kier molecular flexibility index (Phi) is 9.65. The molecule has 3 aromatic rings. The minimum Gasteiger partial charge on any atom is -0.480 e. The molecule has 1 atom stereocenters. The summed E-state index contributed by atoms with van der Waals surface area (Å²) < 4.78 is 27.5. The number of carboxylic acid groups (broad SMARTS) is 1. The van der Waals surface area contributed by atoms with E-state index in [1.54, 1.807) is 18.2 Å². The zero-order chi connectivity index (χ0) is 27.0. The van der Waals surface area contributed by atoms with Gasteiger partial charge in [-0.2, -0.15) is 4.72 Å². The number of likely N-dealkylation sites (N-methyl/N-ethyl adjacent to an activating group) is 1. The third-order valence-electron chi connectivity index (χ3n) is 5.41. The molecule has 11 heteroatoms. The lowest BCUT2D eigenvalue weighted by Gasteiger charge is -2.15. The summed E-state index contributed by atoms with van der Waals surface area (Å²) in [6.07, 6.45) is -0.0445. The molecule has 0 heterocycles. The molecule has 0 radical (unpaired) electrons. The lowest BCUT2D eigenvalue weighted by molar-refractivity contribution is -0.138. The van der Waals surface area contributed by atoms with Crippen molar-refractivity contribution in [3.63, 3.8) is 0 Å². The molecular formula is C26H29ClN4O5S. The SMILES string of the molecule is CN(C)CCNC(=O)Nc1cccc(-c2ccc(C[C@H](NS(=O)(=O)c3ccc(Cl)cc3)C(=O)O)cc2)c1. The number of carbonyl (C=O) groups excluding carboxylic acids is 1. The Morgan fingerprint density at radius 3 is 2.27 bits per heavy atom. The third-order valence-corrected chi connectivity index (χ3v) is 7.15. The van der Waals surface area contributed by atoms with E-state index in [9.17, 15) is 23.1 Å². The number of aliphatic carboxylic acids is 1. The number of rotatable bonds is 11. The van der Waals surface area contributed by atoms with Crippen molar-refractivity contribution in [3.8, 4) is 11.1 Å². The lowest BCUT2D eigenvalue weighted by Crippen LogP contribution is -2.42. The summed E-state index contributed by atoms with van der Waals surface area (Å²) in [5.41, 5.74) is 2.99. The summed E-state index contributed by atoms with van der Waals surface area (Å²) in [5, 5.41) is 15.6. The Hall–Kier alpha value is -3.44. The van der Waals surface area contributed by atoms with Gasteiger partial charge in [-0.25, -0.2) is 13.2 Å². The van der Waals surface area contributed by atoms with Gasteiger partial charge in [-0.05, 0) is 73.6 Å². The fraction of sp³-hybridized carbons (Fsp3) is 0.231. The molecule has 0 bridgehead atoms. The third kappa shape index (κ3) is 8.57.